The Balaban J connectivity index is 1.62. The number of carbonyl (C=O) groups excluding carboxylic acids is 1. The summed E-state index contributed by atoms with van der Waals surface area (Å²) in [5.41, 5.74) is 3.89. The van der Waals surface area contributed by atoms with E-state index in [0.29, 0.717) is 12.5 Å². The fraction of sp³-hybridized carbons (Fsp3) is 0.591. The molecular formula is C22H30N4O2. The molecule has 0 radical (unpaired) electrons. The van der Waals surface area contributed by atoms with E-state index in [1.54, 1.807) is 11.6 Å². The maximum atomic E-state index is 12.7. The fourth-order valence-electron chi connectivity index (χ4n) is 4.57. The van der Waals surface area contributed by atoms with E-state index in [9.17, 15) is 9.59 Å². The predicted octanol–water partition coefficient (Wildman–Crippen LogP) is 3.24. The van der Waals surface area contributed by atoms with E-state index in [1.807, 2.05) is 16.7 Å². The summed E-state index contributed by atoms with van der Waals surface area (Å²) in [6.45, 7) is 7.07. The van der Waals surface area contributed by atoms with Crippen LogP contribution in [0.15, 0.2) is 23.0 Å². The second-order valence-corrected chi connectivity index (χ2v) is 9.65. The number of nitrogens with one attached hydrogen (secondary N) is 1. The summed E-state index contributed by atoms with van der Waals surface area (Å²) in [4.78, 5) is 28.5. The van der Waals surface area contributed by atoms with Crippen LogP contribution < -0.4 is 11.0 Å². The van der Waals surface area contributed by atoms with Crippen LogP contribution in [-0.2, 0) is 18.4 Å². The Kier molecular flexibility index (Phi) is 4.47. The van der Waals surface area contributed by atoms with Crippen molar-refractivity contribution in [2.45, 2.75) is 65.0 Å². The summed E-state index contributed by atoms with van der Waals surface area (Å²) in [6, 6.07) is 4.08. The molecule has 0 aliphatic heterocycles. The predicted molar refractivity (Wildman–Crippen MR) is 111 cm³/mol. The van der Waals surface area contributed by atoms with E-state index in [0.717, 1.165) is 55.4 Å². The van der Waals surface area contributed by atoms with Crippen molar-refractivity contribution in [2.75, 3.05) is 0 Å². The van der Waals surface area contributed by atoms with Gasteiger partial charge in [0.1, 0.15) is 0 Å². The Morgan fingerprint density at radius 1 is 1.32 bits per heavy atom. The highest BCUT2D eigenvalue weighted by molar-refractivity contribution is 5.76. The number of rotatable bonds is 5. The van der Waals surface area contributed by atoms with Gasteiger partial charge >= 0.3 is 5.69 Å². The van der Waals surface area contributed by atoms with Crippen LogP contribution in [0, 0.1) is 11.3 Å². The van der Waals surface area contributed by atoms with Gasteiger partial charge in [0.05, 0.1) is 11.2 Å². The quantitative estimate of drug-likeness (QED) is 0.807. The number of fused-ring (bicyclic) bond motifs is 1. The topological polar surface area (TPSA) is 68.9 Å². The molecule has 4 rings (SSSR count). The molecule has 6 nitrogen and oxygen atoms in total. The number of allylic oxidation sites excluding steroid dienone is 2. The van der Waals surface area contributed by atoms with Gasteiger partial charge in [-0.2, -0.15) is 0 Å². The third-order valence-electron chi connectivity index (χ3n) is 6.27. The molecule has 2 aliphatic rings. The highest BCUT2D eigenvalue weighted by atomic mass is 16.1. The third kappa shape index (κ3) is 3.29. The first-order valence-corrected chi connectivity index (χ1v) is 10.2. The zero-order valence-electron chi connectivity index (χ0n) is 17.3. The lowest BCUT2D eigenvalue weighted by atomic mass is 9.82. The summed E-state index contributed by atoms with van der Waals surface area (Å²) in [6.07, 6.45) is 8.31. The molecule has 0 bridgehead atoms. The van der Waals surface area contributed by atoms with E-state index in [-0.39, 0.29) is 16.6 Å². The maximum absolute atomic E-state index is 12.7. The van der Waals surface area contributed by atoms with Crippen molar-refractivity contribution in [1.29, 1.82) is 0 Å². The number of aromatic nitrogens is 3. The Labute approximate surface area is 165 Å². The first kappa shape index (κ1) is 19.0. The number of nitrogens with zero attached hydrogens (tertiary/aromatic N) is 3. The third-order valence-corrected chi connectivity index (χ3v) is 6.27. The number of amides is 1. The molecule has 0 aromatic carbocycles. The van der Waals surface area contributed by atoms with Crippen LogP contribution in [0.25, 0.3) is 16.7 Å². The van der Waals surface area contributed by atoms with E-state index >= 15 is 0 Å². The molecule has 1 N–H and O–H groups in total. The Morgan fingerprint density at radius 3 is 2.64 bits per heavy atom. The van der Waals surface area contributed by atoms with Crippen LogP contribution in [0.5, 0.6) is 0 Å². The lowest BCUT2D eigenvalue weighted by Crippen LogP contribution is -2.38. The first-order chi connectivity index (χ1) is 13.2. The Morgan fingerprint density at radius 2 is 2.07 bits per heavy atom. The fourth-order valence-corrected chi connectivity index (χ4v) is 4.57. The van der Waals surface area contributed by atoms with Gasteiger partial charge in [-0.3, -0.25) is 13.9 Å². The SMILES string of the molecule is Cn1c(=O)n(CC(C)(C)C)c2ccc(C3=CCC(C4(NC=O)CC4)CC3)nc21. The van der Waals surface area contributed by atoms with Crippen LogP contribution in [0.3, 0.4) is 0 Å². The zero-order chi connectivity index (χ0) is 20.1. The molecule has 2 aliphatic carbocycles. The van der Waals surface area contributed by atoms with E-state index in [2.05, 4.69) is 32.2 Å². The van der Waals surface area contributed by atoms with Gasteiger partial charge in [-0.1, -0.05) is 26.8 Å². The number of imidazole rings is 1. The molecule has 1 amide bonds. The molecule has 1 atom stereocenters. The van der Waals surface area contributed by atoms with Crippen molar-refractivity contribution in [3.63, 3.8) is 0 Å². The van der Waals surface area contributed by atoms with Crippen molar-refractivity contribution >= 4 is 23.1 Å². The highest BCUT2D eigenvalue weighted by Crippen LogP contribution is 2.48. The van der Waals surface area contributed by atoms with Gasteiger partial charge in [-0.25, -0.2) is 9.78 Å². The number of hydrogen-bond acceptors (Lipinski definition) is 3. The lowest BCUT2D eigenvalue weighted by Gasteiger charge is -2.29. The van der Waals surface area contributed by atoms with Crippen molar-refractivity contribution in [1.82, 2.24) is 19.4 Å². The highest BCUT2D eigenvalue weighted by Gasteiger charge is 2.48. The molecule has 0 spiro atoms. The molecule has 6 heteroatoms. The number of carbonyl (C=O) groups is 1. The van der Waals surface area contributed by atoms with E-state index in [1.165, 1.54) is 5.57 Å². The monoisotopic (exact) mass is 382 g/mol. The molecule has 1 unspecified atom stereocenters. The second kappa shape index (κ2) is 6.61. The minimum Gasteiger partial charge on any atom is -0.353 e. The normalized spacial score (nSPS) is 21.4. The number of hydrogen-bond donors (Lipinski definition) is 1. The van der Waals surface area contributed by atoms with Gasteiger partial charge in [-0.15, -0.1) is 0 Å². The summed E-state index contributed by atoms with van der Waals surface area (Å²) < 4.78 is 3.49. The molecule has 2 aromatic rings. The molecule has 0 saturated heterocycles. The number of aryl methyl sites for hydroxylation is 1. The summed E-state index contributed by atoms with van der Waals surface area (Å²) in [7, 11) is 1.80. The van der Waals surface area contributed by atoms with Crippen LogP contribution in [-0.4, -0.2) is 26.1 Å². The second-order valence-electron chi connectivity index (χ2n) is 9.65. The minimum atomic E-state index is -0.0112. The van der Waals surface area contributed by atoms with Gasteiger partial charge in [-0.05, 0) is 61.1 Å². The summed E-state index contributed by atoms with van der Waals surface area (Å²) in [5.74, 6) is 0.516. The van der Waals surface area contributed by atoms with Crippen LogP contribution in [0.4, 0.5) is 0 Å². The average molecular weight is 383 g/mol. The van der Waals surface area contributed by atoms with Gasteiger partial charge in [0.15, 0.2) is 5.65 Å². The zero-order valence-corrected chi connectivity index (χ0v) is 17.3. The molecule has 2 heterocycles. The molecule has 1 saturated carbocycles. The Hall–Kier alpha value is -2.37. The lowest BCUT2D eigenvalue weighted by molar-refractivity contribution is -0.110. The van der Waals surface area contributed by atoms with Gasteiger partial charge in [0.25, 0.3) is 0 Å². The van der Waals surface area contributed by atoms with E-state index < -0.39 is 0 Å². The molecule has 28 heavy (non-hydrogen) atoms. The van der Waals surface area contributed by atoms with Crippen molar-refractivity contribution in [3.05, 3.63) is 34.4 Å². The Bertz CT molecular complexity index is 1000. The van der Waals surface area contributed by atoms with Crippen LogP contribution in [0.1, 0.15) is 58.6 Å². The van der Waals surface area contributed by atoms with Crippen molar-refractivity contribution in [3.8, 4) is 0 Å². The standard InChI is InChI=1S/C22H30N4O2/c1-21(2,3)13-26-18-10-9-17(24-19(18)25(4)20(26)28)15-5-7-16(8-6-15)22(11-12-22)23-14-27/h5,9-10,14,16H,6-8,11-13H2,1-4H3,(H,23,27). The van der Waals surface area contributed by atoms with Gasteiger partial charge < -0.3 is 5.32 Å². The minimum absolute atomic E-state index is 0.0112. The van der Waals surface area contributed by atoms with Crippen LogP contribution >= 0.6 is 0 Å². The van der Waals surface area contributed by atoms with Crippen LogP contribution in [0.2, 0.25) is 0 Å². The van der Waals surface area contributed by atoms with Crippen molar-refractivity contribution < 1.29 is 4.79 Å². The largest absolute Gasteiger partial charge is 0.353 e. The molecular weight excluding hydrogens is 352 g/mol. The summed E-state index contributed by atoms with van der Waals surface area (Å²) in [5, 5.41) is 3.05. The summed E-state index contributed by atoms with van der Waals surface area (Å²) >= 11 is 0. The molecule has 2 aromatic heterocycles. The van der Waals surface area contributed by atoms with Crippen molar-refractivity contribution in [2.24, 2.45) is 18.4 Å². The maximum Gasteiger partial charge on any atom is 0.330 e. The van der Waals surface area contributed by atoms with Gasteiger partial charge in [0, 0.05) is 19.1 Å². The van der Waals surface area contributed by atoms with Gasteiger partial charge in [0.2, 0.25) is 6.41 Å². The average Bonchev–Trinajstić information content (AvgIpc) is 3.41. The smallest absolute Gasteiger partial charge is 0.330 e. The van der Waals surface area contributed by atoms with E-state index in [4.69, 9.17) is 4.98 Å². The first-order valence-electron chi connectivity index (χ1n) is 10.2. The molecule has 1 fully saturated rings. The molecule has 150 valence electrons. The number of pyridine rings is 1.